The molecule has 5 nitrogen and oxygen atoms in total. The Hall–Kier alpha value is -0.530. The first-order valence-corrected chi connectivity index (χ1v) is 4.19. The Morgan fingerprint density at radius 3 is 2.56 bits per heavy atom. The maximum absolute atomic E-state index is 10.3. The molecule has 0 unspecified atom stereocenters. The third kappa shape index (κ3) is 1.44. The van der Waals surface area contributed by atoms with Crippen LogP contribution in [0.5, 0.6) is 0 Å². The summed E-state index contributed by atoms with van der Waals surface area (Å²) >= 11 is 0.906. The second-order valence-corrected chi connectivity index (χ2v) is 3.28. The van der Waals surface area contributed by atoms with Crippen molar-refractivity contribution in [1.29, 1.82) is 0 Å². The number of hydrogen-bond donors (Lipinski definition) is 0. The van der Waals surface area contributed by atoms with Crippen LogP contribution >= 0.6 is 11.5 Å². The third-order valence-electron chi connectivity index (χ3n) is 0.615. The topological polar surface area (TPSA) is 83.7 Å². The van der Waals surface area contributed by atoms with Crippen LogP contribution in [0, 0.1) is 0 Å². The molecular formula is C2H2N3O2S2. The second-order valence-electron chi connectivity index (χ2n) is 1.25. The first-order valence-electron chi connectivity index (χ1n) is 1.87. The lowest BCUT2D eigenvalue weighted by atomic mass is 11.0. The van der Waals surface area contributed by atoms with E-state index in [9.17, 15) is 8.42 Å². The van der Waals surface area contributed by atoms with E-state index < -0.39 is 10.0 Å². The summed E-state index contributed by atoms with van der Waals surface area (Å²) in [6, 6.07) is 0. The van der Waals surface area contributed by atoms with Gasteiger partial charge in [-0.15, -0.1) is 10.2 Å². The van der Waals surface area contributed by atoms with Gasteiger partial charge in [-0.1, -0.05) is 4.49 Å². The van der Waals surface area contributed by atoms with Crippen LogP contribution in [0.1, 0.15) is 0 Å². The highest BCUT2D eigenvalue weighted by Crippen LogP contribution is 2.02. The van der Waals surface area contributed by atoms with Crippen LogP contribution < -0.4 is 5.14 Å². The van der Waals surface area contributed by atoms with Gasteiger partial charge in [-0.2, -0.15) is 0 Å². The first-order chi connectivity index (χ1) is 4.11. The molecule has 1 radical (unpaired) electrons. The lowest BCUT2D eigenvalue weighted by molar-refractivity contribution is 0.592. The fourth-order valence-electron chi connectivity index (χ4n) is 0.273. The van der Waals surface area contributed by atoms with Crippen molar-refractivity contribution in [2.75, 3.05) is 0 Å². The van der Waals surface area contributed by atoms with Crippen LogP contribution in [0.4, 0.5) is 0 Å². The van der Waals surface area contributed by atoms with Gasteiger partial charge in [0.1, 0.15) is 0 Å². The molecule has 0 atom stereocenters. The van der Waals surface area contributed by atoms with Gasteiger partial charge in [0.25, 0.3) is 10.0 Å². The number of hydrogen-bond acceptors (Lipinski definition) is 5. The summed E-state index contributed by atoms with van der Waals surface area (Å²) in [5.74, 6) is 0. The Kier molecular flexibility index (Phi) is 1.47. The van der Waals surface area contributed by atoms with E-state index in [2.05, 4.69) is 9.59 Å². The number of sulfonamides is 1. The highest BCUT2D eigenvalue weighted by Gasteiger charge is 2.10. The van der Waals surface area contributed by atoms with Gasteiger partial charge in [0.05, 0.1) is 5.38 Å². The molecule has 0 amide bonds. The molecule has 0 fully saturated rings. The lowest BCUT2D eigenvalue weighted by Crippen LogP contribution is -2.00. The van der Waals surface area contributed by atoms with Crippen molar-refractivity contribution < 1.29 is 8.42 Å². The van der Waals surface area contributed by atoms with Crippen molar-refractivity contribution in [3.63, 3.8) is 0 Å². The first kappa shape index (κ1) is 6.59. The van der Waals surface area contributed by atoms with E-state index in [0.29, 0.717) is 0 Å². The standard InChI is InChI=1S/C2H2N3O2S2/c3-9(6,7)2-1-8-5-4-2/h1,3H. The van der Waals surface area contributed by atoms with Crippen LogP contribution in [0.3, 0.4) is 0 Å². The summed E-state index contributed by atoms with van der Waals surface area (Å²) in [4.78, 5) is 0. The van der Waals surface area contributed by atoms with E-state index in [4.69, 9.17) is 5.14 Å². The van der Waals surface area contributed by atoms with Crippen molar-refractivity contribution in [3.05, 3.63) is 5.38 Å². The van der Waals surface area contributed by atoms with Gasteiger partial charge in [-0.3, -0.25) is 0 Å². The molecule has 0 aliphatic heterocycles. The zero-order valence-electron chi connectivity index (χ0n) is 4.10. The predicted molar refractivity (Wildman–Crippen MR) is 30.2 cm³/mol. The maximum Gasteiger partial charge on any atom is 0.274 e. The average Bonchev–Trinajstić information content (AvgIpc) is 2.08. The Bertz CT molecular complexity index is 275. The normalized spacial score (nSPS) is 11.7. The van der Waals surface area contributed by atoms with E-state index in [-0.39, 0.29) is 5.03 Å². The van der Waals surface area contributed by atoms with Crippen LogP contribution in [-0.2, 0) is 10.0 Å². The van der Waals surface area contributed by atoms with E-state index in [1.165, 1.54) is 5.38 Å². The second kappa shape index (κ2) is 2.01. The zero-order valence-corrected chi connectivity index (χ0v) is 5.74. The molecule has 0 spiro atoms. The van der Waals surface area contributed by atoms with E-state index in [0.717, 1.165) is 11.5 Å². The minimum Gasteiger partial charge on any atom is -0.204 e. The SMILES string of the molecule is [NH]S(=O)(=O)c1csnn1. The highest BCUT2D eigenvalue weighted by molar-refractivity contribution is 7.88. The maximum atomic E-state index is 10.3. The minimum absolute atomic E-state index is 0.285. The monoisotopic (exact) mass is 164 g/mol. The summed E-state index contributed by atoms with van der Waals surface area (Å²) in [6.07, 6.45) is 0. The molecule has 7 heteroatoms. The molecule has 1 heterocycles. The Balaban J connectivity index is 3.20. The molecule has 1 N–H and O–H groups in total. The third-order valence-corrected chi connectivity index (χ3v) is 2.02. The van der Waals surface area contributed by atoms with Crippen molar-refractivity contribution in [1.82, 2.24) is 14.7 Å². The molecule has 0 aliphatic carbocycles. The van der Waals surface area contributed by atoms with Crippen molar-refractivity contribution in [2.45, 2.75) is 5.03 Å². The molecule has 0 aliphatic rings. The summed E-state index contributed by atoms with van der Waals surface area (Å²) in [5.41, 5.74) is 0. The zero-order chi connectivity index (χ0) is 6.91. The summed E-state index contributed by atoms with van der Waals surface area (Å²) < 4.78 is 23.8. The fraction of sp³-hybridized carbons (Fsp3) is 0. The summed E-state index contributed by atoms with van der Waals surface area (Å²) in [5, 5.41) is 10.6. The largest absolute Gasteiger partial charge is 0.274 e. The summed E-state index contributed by atoms with van der Waals surface area (Å²) in [6.45, 7) is 0. The van der Waals surface area contributed by atoms with Gasteiger partial charge in [0.15, 0.2) is 0 Å². The van der Waals surface area contributed by atoms with E-state index in [1.807, 2.05) is 0 Å². The number of nitrogens with zero attached hydrogens (tertiary/aromatic N) is 2. The fourth-order valence-corrected chi connectivity index (χ4v) is 1.43. The molecule has 9 heavy (non-hydrogen) atoms. The van der Waals surface area contributed by atoms with Crippen molar-refractivity contribution in [3.8, 4) is 0 Å². The number of nitrogens with one attached hydrogen (secondary N) is 1. The molecule has 0 aromatic carbocycles. The number of aromatic nitrogens is 2. The predicted octanol–water partition coefficient (Wildman–Crippen LogP) is -0.490. The van der Waals surface area contributed by atoms with Gasteiger partial charge in [-0.05, 0) is 11.5 Å². The van der Waals surface area contributed by atoms with Gasteiger partial charge < -0.3 is 0 Å². The van der Waals surface area contributed by atoms with Crippen LogP contribution in [0.25, 0.3) is 0 Å². The van der Waals surface area contributed by atoms with Gasteiger partial charge in [0, 0.05) is 0 Å². The smallest absolute Gasteiger partial charge is 0.204 e. The van der Waals surface area contributed by atoms with Crippen LogP contribution in [-0.4, -0.2) is 18.0 Å². The summed E-state index contributed by atoms with van der Waals surface area (Å²) in [7, 11) is -3.87. The molecule has 0 bridgehead atoms. The highest BCUT2D eigenvalue weighted by atomic mass is 32.2. The molecule has 0 saturated carbocycles. The average molecular weight is 164 g/mol. The van der Waals surface area contributed by atoms with Gasteiger partial charge in [-0.25, -0.2) is 8.42 Å². The molecule has 1 aromatic heterocycles. The van der Waals surface area contributed by atoms with E-state index >= 15 is 0 Å². The van der Waals surface area contributed by atoms with Gasteiger partial charge in [0.2, 0.25) is 5.03 Å². The number of rotatable bonds is 1. The Morgan fingerprint density at radius 2 is 2.33 bits per heavy atom. The van der Waals surface area contributed by atoms with Crippen molar-refractivity contribution in [2.24, 2.45) is 0 Å². The molecule has 49 valence electrons. The minimum atomic E-state index is -3.87. The Labute approximate surface area is 55.7 Å². The Morgan fingerprint density at radius 1 is 1.67 bits per heavy atom. The lowest BCUT2D eigenvalue weighted by Gasteiger charge is -1.82. The van der Waals surface area contributed by atoms with Crippen LogP contribution in [0.15, 0.2) is 10.4 Å². The molecular weight excluding hydrogens is 162 g/mol. The van der Waals surface area contributed by atoms with Gasteiger partial charge >= 0.3 is 0 Å². The molecule has 0 saturated heterocycles. The van der Waals surface area contributed by atoms with Crippen LogP contribution in [0.2, 0.25) is 0 Å². The van der Waals surface area contributed by atoms with Crippen molar-refractivity contribution >= 4 is 21.6 Å². The molecule has 1 aromatic rings. The van der Waals surface area contributed by atoms with E-state index in [1.54, 1.807) is 0 Å². The quantitative estimate of drug-likeness (QED) is 0.560. The molecule has 1 rings (SSSR count).